The Hall–Kier alpha value is -3.90. The van der Waals surface area contributed by atoms with Gasteiger partial charge >= 0.3 is 0 Å². The smallest absolute Gasteiger partial charge is 0.264 e. The molecule has 4 rings (SSSR count). The fraction of sp³-hybridized carbons (Fsp3) is 0.0741. The van der Waals surface area contributed by atoms with Crippen LogP contribution in [-0.4, -0.2) is 21.4 Å². The minimum absolute atomic E-state index is 0.0547. The summed E-state index contributed by atoms with van der Waals surface area (Å²) in [6, 6.07) is 32.5. The normalized spacial score (nSPS) is 11.1. The van der Waals surface area contributed by atoms with Gasteiger partial charge in [0, 0.05) is 18.3 Å². The van der Waals surface area contributed by atoms with E-state index in [1.165, 1.54) is 23.5 Å². The van der Waals surface area contributed by atoms with Crippen molar-refractivity contribution in [1.29, 1.82) is 0 Å². The number of carbonyl (C=O) groups is 1. The van der Waals surface area contributed by atoms with E-state index in [4.69, 9.17) is 0 Å². The minimum Gasteiger partial charge on any atom is -0.322 e. The molecule has 4 aromatic rings. The van der Waals surface area contributed by atoms with Crippen LogP contribution in [0.1, 0.15) is 21.5 Å². The summed E-state index contributed by atoms with van der Waals surface area (Å²) >= 11 is 0. The summed E-state index contributed by atoms with van der Waals surface area (Å²) in [5.74, 6) is -0.366. The third-order valence-corrected chi connectivity index (χ3v) is 7.16. The van der Waals surface area contributed by atoms with Crippen molar-refractivity contribution in [1.82, 2.24) is 0 Å². The second-order valence-corrected chi connectivity index (χ2v) is 9.58. The van der Waals surface area contributed by atoms with Gasteiger partial charge < -0.3 is 5.32 Å². The number of nitrogens with one attached hydrogen (secondary N) is 1. The lowest BCUT2D eigenvalue weighted by Gasteiger charge is -2.19. The molecule has 0 spiro atoms. The maximum absolute atomic E-state index is 13.1. The molecular formula is C27H24N2O3S. The molecule has 0 saturated carbocycles. The molecule has 0 bridgehead atoms. The van der Waals surface area contributed by atoms with Crippen LogP contribution in [0.3, 0.4) is 0 Å². The lowest BCUT2D eigenvalue weighted by Crippen LogP contribution is -2.26. The number of rotatable bonds is 7. The monoisotopic (exact) mass is 456 g/mol. The zero-order valence-electron chi connectivity index (χ0n) is 18.2. The van der Waals surface area contributed by atoms with Crippen molar-refractivity contribution in [2.75, 3.05) is 16.7 Å². The van der Waals surface area contributed by atoms with Gasteiger partial charge in [-0.1, -0.05) is 72.8 Å². The summed E-state index contributed by atoms with van der Waals surface area (Å²) in [4.78, 5) is 13.1. The fourth-order valence-corrected chi connectivity index (χ4v) is 4.78. The summed E-state index contributed by atoms with van der Waals surface area (Å²) in [5.41, 5.74) is 3.62. The maximum Gasteiger partial charge on any atom is 0.264 e. The van der Waals surface area contributed by atoms with Crippen LogP contribution in [0.25, 0.3) is 0 Å². The molecular weight excluding hydrogens is 432 g/mol. The van der Waals surface area contributed by atoms with Crippen molar-refractivity contribution in [2.45, 2.75) is 11.3 Å². The topological polar surface area (TPSA) is 66.5 Å². The van der Waals surface area contributed by atoms with Crippen LogP contribution in [-0.2, 0) is 16.4 Å². The van der Waals surface area contributed by atoms with Crippen LogP contribution < -0.4 is 9.62 Å². The average molecular weight is 457 g/mol. The first-order valence-electron chi connectivity index (χ1n) is 10.5. The van der Waals surface area contributed by atoms with E-state index in [9.17, 15) is 13.2 Å². The van der Waals surface area contributed by atoms with E-state index in [0.29, 0.717) is 17.8 Å². The highest BCUT2D eigenvalue weighted by molar-refractivity contribution is 7.92. The summed E-state index contributed by atoms with van der Waals surface area (Å²) in [7, 11) is -2.32. The van der Waals surface area contributed by atoms with E-state index in [1.54, 1.807) is 36.4 Å². The Morgan fingerprint density at radius 2 is 1.42 bits per heavy atom. The van der Waals surface area contributed by atoms with Gasteiger partial charge in [-0.3, -0.25) is 9.10 Å². The molecule has 1 N–H and O–H groups in total. The van der Waals surface area contributed by atoms with Gasteiger partial charge in [0.05, 0.1) is 10.6 Å². The molecule has 33 heavy (non-hydrogen) atoms. The Morgan fingerprint density at radius 3 is 2.15 bits per heavy atom. The van der Waals surface area contributed by atoms with Crippen LogP contribution in [0.4, 0.5) is 11.4 Å². The van der Waals surface area contributed by atoms with E-state index in [-0.39, 0.29) is 16.4 Å². The van der Waals surface area contributed by atoms with E-state index < -0.39 is 10.0 Å². The lowest BCUT2D eigenvalue weighted by molar-refractivity contribution is 0.102. The molecule has 0 unspecified atom stereocenters. The van der Waals surface area contributed by atoms with E-state index in [0.717, 1.165) is 11.1 Å². The van der Waals surface area contributed by atoms with Gasteiger partial charge in [-0.25, -0.2) is 8.42 Å². The predicted octanol–water partition coefficient (Wildman–Crippen LogP) is 5.35. The lowest BCUT2D eigenvalue weighted by atomic mass is 10.0. The van der Waals surface area contributed by atoms with Gasteiger partial charge in [0.25, 0.3) is 15.9 Å². The van der Waals surface area contributed by atoms with E-state index in [2.05, 4.69) is 5.32 Å². The molecule has 6 heteroatoms. The van der Waals surface area contributed by atoms with Gasteiger partial charge in [0.2, 0.25) is 0 Å². The highest BCUT2D eigenvalue weighted by Gasteiger charge is 2.22. The molecule has 0 radical (unpaired) electrons. The number of amides is 1. The number of para-hydroxylation sites is 2. The Balaban J connectivity index is 1.57. The molecule has 166 valence electrons. The highest BCUT2D eigenvalue weighted by Crippen LogP contribution is 2.24. The first-order chi connectivity index (χ1) is 15.9. The van der Waals surface area contributed by atoms with Gasteiger partial charge in [0.15, 0.2) is 0 Å². The van der Waals surface area contributed by atoms with Crippen molar-refractivity contribution < 1.29 is 13.2 Å². The SMILES string of the molecule is CN(c1ccccc1)S(=O)(=O)c1cccc(C(=O)Nc2ccccc2Cc2ccccc2)c1. The maximum atomic E-state index is 13.1. The largest absolute Gasteiger partial charge is 0.322 e. The predicted molar refractivity (Wildman–Crippen MR) is 132 cm³/mol. The van der Waals surface area contributed by atoms with Gasteiger partial charge in [0.1, 0.15) is 0 Å². The fourth-order valence-electron chi connectivity index (χ4n) is 3.54. The third-order valence-electron chi connectivity index (χ3n) is 5.38. The van der Waals surface area contributed by atoms with Crippen LogP contribution in [0.15, 0.2) is 114 Å². The molecule has 0 aliphatic rings. The second kappa shape index (κ2) is 9.71. The molecule has 0 aliphatic carbocycles. The van der Waals surface area contributed by atoms with Crippen molar-refractivity contribution in [2.24, 2.45) is 0 Å². The molecule has 1 amide bonds. The van der Waals surface area contributed by atoms with Gasteiger partial charge in [-0.15, -0.1) is 0 Å². The van der Waals surface area contributed by atoms with Crippen molar-refractivity contribution >= 4 is 27.3 Å². The molecule has 0 aromatic heterocycles. The highest BCUT2D eigenvalue weighted by atomic mass is 32.2. The number of nitrogens with zero attached hydrogens (tertiary/aromatic N) is 1. The van der Waals surface area contributed by atoms with Crippen molar-refractivity contribution in [3.05, 3.63) is 126 Å². The molecule has 0 aliphatic heterocycles. The average Bonchev–Trinajstić information content (AvgIpc) is 2.86. The Labute approximate surface area is 194 Å². The molecule has 0 fully saturated rings. The minimum atomic E-state index is -3.82. The van der Waals surface area contributed by atoms with Crippen LogP contribution >= 0.6 is 0 Å². The van der Waals surface area contributed by atoms with Crippen LogP contribution in [0.2, 0.25) is 0 Å². The zero-order valence-corrected chi connectivity index (χ0v) is 19.0. The summed E-state index contributed by atoms with van der Waals surface area (Å²) in [6.45, 7) is 0. The molecule has 0 saturated heterocycles. The zero-order chi connectivity index (χ0) is 23.3. The quantitative estimate of drug-likeness (QED) is 0.407. The summed E-state index contributed by atoms with van der Waals surface area (Å²) < 4.78 is 27.4. The summed E-state index contributed by atoms with van der Waals surface area (Å²) in [5, 5.41) is 2.94. The number of carbonyl (C=O) groups excluding carboxylic acids is 1. The van der Waals surface area contributed by atoms with Crippen LogP contribution in [0.5, 0.6) is 0 Å². The molecule has 0 heterocycles. The Bertz CT molecular complexity index is 1350. The first-order valence-corrected chi connectivity index (χ1v) is 12.0. The summed E-state index contributed by atoms with van der Waals surface area (Å²) in [6.07, 6.45) is 0.674. The Morgan fingerprint density at radius 1 is 0.788 bits per heavy atom. The Kier molecular flexibility index (Phi) is 6.56. The van der Waals surface area contributed by atoms with Crippen molar-refractivity contribution in [3.8, 4) is 0 Å². The van der Waals surface area contributed by atoms with Crippen molar-refractivity contribution in [3.63, 3.8) is 0 Å². The van der Waals surface area contributed by atoms with Crippen LogP contribution in [0, 0.1) is 0 Å². The van der Waals surface area contributed by atoms with E-state index in [1.807, 2.05) is 60.7 Å². The molecule has 0 atom stereocenters. The van der Waals surface area contributed by atoms with Gasteiger partial charge in [-0.05, 0) is 53.9 Å². The number of benzene rings is 4. The second-order valence-electron chi connectivity index (χ2n) is 7.61. The molecule has 5 nitrogen and oxygen atoms in total. The van der Waals surface area contributed by atoms with Gasteiger partial charge in [-0.2, -0.15) is 0 Å². The number of anilines is 2. The number of hydrogen-bond donors (Lipinski definition) is 1. The standard InChI is InChI=1S/C27H24N2O3S/c1-29(24-15-6-3-7-16-24)33(31,32)25-17-10-14-23(20-25)27(30)28-26-18-9-8-13-22(26)19-21-11-4-2-5-12-21/h2-18,20H,19H2,1H3,(H,28,30). The van der Waals surface area contributed by atoms with E-state index >= 15 is 0 Å². The number of sulfonamides is 1. The molecule has 4 aromatic carbocycles. The first kappa shape index (κ1) is 22.3. The third kappa shape index (κ3) is 5.13. The number of hydrogen-bond acceptors (Lipinski definition) is 3.